The summed E-state index contributed by atoms with van der Waals surface area (Å²) in [5, 5.41) is 3.04. The van der Waals surface area contributed by atoms with E-state index in [4.69, 9.17) is 0 Å². The second-order valence-electron chi connectivity index (χ2n) is 5.36. The van der Waals surface area contributed by atoms with Crippen LogP contribution in [0.3, 0.4) is 0 Å². The molecule has 3 rings (SSSR count). The van der Waals surface area contributed by atoms with Gasteiger partial charge in [0.2, 0.25) is 0 Å². The zero-order chi connectivity index (χ0) is 15.9. The maximum atomic E-state index is 11.7. The van der Waals surface area contributed by atoms with Crippen LogP contribution in [0.4, 0.5) is 17.1 Å². The van der Waals surface area contributed by atoms with E-state index in [1.54, 1.807) is 25.3 Å². The highest BCUT2D eigenvalue weighted by Crippen LogP contribution is 2.27. The van der Waals surface area contributed by atoms with Crippen LogP contribution in [0.15, 0.2) is 40.2 Å². The summed E-state index contributed by atoms with van der Waals surface area (Å²) in [5.74, 6) is 0. The van der Waals surface area contributed by atoms with Gasteiger partial charge >= 0.3 is 0 Å². The van der Waals surface area contributed by atoms with Crippen LogP contribution >= 0.6 is 0 Å². The van der Waals surface area contributed by atoms with Crippen LogP contribution in [-0.4, -0.2) is 24.1 Å². The molecule has 0 amide bonds. The molecule has 112 valence electrons. The van der Waals surface area contributed by atoms with Gasteiger partial charge in [0.15, 0.2) is 0 Å². The number of aromatic amines is 1. The van der Waals surface area contributed by atoms with Crippen molar-refractivity contribution in [3.63, 3.8) is 0 Å². The van der Waals surface area contributed by atoms with E-state index in [0.29, 0.717) is 11.4 Å². The Hall–Kier alpha value is -2.89. The van der Waals surface area contributed by atoms with Gasteiger partial charge in [-0.05, 0) is 19.1 Å². The summed E-state index contributed by atoms with van der Waals surface area (Å²) >= 11 is 0. The molecule has 3 aromatic rings. The lowest BCUT2D eigenvalue weighted by Crippen LogP contribution is -2.39. The molecule has 2 aromatic carbocycles. The number of nitrogens with one attached hydrogen (secondary N) is 2. The fraction of sp³-hybridized carbons (Fsp3) is 0.188. The maximum Gasteiger partial charge on any atom is 0.253 e. The van der Waals surface area contributed by atoms with Crippen LogP contribution in [-0.2, 0) is 0 Å². The number of benzene rings is 1. The smallest absolute Gasteiger partial charge is 0.253 e. The topological polar surface area (TPSA) is 78.1 Å². The van der Waals surface area contributed by atoms with Gasteiger partial charge in [-0.2, -0.15) is 0 Å². The first-order valence-corrected chi connectivity index (χ1v) is 6.87. The molecule has 0 fully saturated rings. The van der Waals surface area contributed by atoms with Gasteiger partial charge < -0.3 is 15.2 Å². The van der Waals surface area contributed by atoms with Crippen molar-refractivity contribution in [2.75, 3.05) is 24.3 Å². The minimum atomic E-state index is -0.481. The van der Waals surface area contributed by atoms with Gasteiger partial charge in [0.05, 0.1) is 12.0 Å². The summed E-state index contributed by atoms with van der Waals surface area (Å²) in [7, 11) is 3.48. The van der Waals surface area contributed by atoms with E-state index in [0.717, 1.165) is 22.6 Å². The monoisotopic (exact) mass is 296 g/mol. The summed E-state index contributed by atoms with van der Waals surface area (Å²) in [6.07, 6.45) is 1.64. The fourth-order valence-corrected chi connectivity index (χ4v) is 2.46. The summed E-state index contributed by atoms with van der Waals surface area (Å²) in [4.78, 5) is 32.3. The highest BCUT2D eigenvalue weighted by Gasteiger charge is 2.22. The molecule has 0 aliphatic rings. The molecule has 6 heteroatoms. The molecule has 0 spiro atoms. The Bertz CT molecular complexity index is 901. The molecule has 22 heavy (non-hydrogen) atoms. The van der Waals surface area contributed by atoms with Crippen LogP contribution in [0, 0.1) is 6.92 Å². The van der Waals surface area contributed by atoms with Crippen LogP contribution in [0.2, 0.25) is 0 Å². The largest absolute Gasteiger partial charge is 0.373 e. The van der Waals surface area contributed by atoms with Gasteiger partial charge in [-0.3, -0.25) is 9.59 Å². The van der Waals surface area contributed by atoms with E-state index in [1.165, 1.54) is 0 Å². The number of hydrogen-bond acceptors (Lipinski definition) is 5. The van der Waals surface area contributed by atoms with Crippen molar-refractivity contribution in [3.05, 3.63) is 56.7 Å². The van der Waals surface area contributed by atoms with Crippen molar-refractivity contribution < 1.29 is 0 Å². The van der Waals surface area contributed by atoms with Crippen molar-refractivity contribution in [1.82, 2.24) is 9.97 Å². The van der Waals surface area contributed by atoms with Gasteiger partial charge in [-0.25, -0.2) is 4.98 Å². The van der Waals surface area contributed by atoms with E-state index in [-0.39, 0.29) is 0 Å². The Morgan fingerprint density at radius 1 is 1.18 bits per heavy atom. The minimum absolute atomic E-state index is 0.339. The molecule has 0 unspecified atom stereocenters. The first-order chi connectivity index (χ1) is 10.5. The fourth-order valence-electron chi connectivity index (χ4n) is 2.46. The van der Waals surface area contributed by atoms with Gasteiger partial charge in [0.1, 0.15) is 11.4 Å². The zero-order valence-corrected chi connectivity index (χ0v) is 12.6. The first kappa shape index (κ1) is 14.1. The standard InChI is InChI=1S/C16H16N4O2/c1-9-12(18-8-17-9)10-5-4-6-11(7-10)19-13-14(20(2)3)16(22)15(13)21/h4-8,19H,1-3H3,(H,17,18). The molecule has 1 heterocycles. The van der Waals surface area contributed by atoms with Crippen molar-refractivity contribution in [2.45, 2.75) is 6.92 Å². The Labute approximate surface area is 127 Å². The summed E-state index contributed by atoms with van der Waals surface area (Å²) in [6, 6.07) is 7.58. The predicted molar refractivity (Wildman–Crippen MR) is 87.7 cm³/mol. The van der Waals surface area contributed by atoms with Crippen molar-refractivity contribution >= 4 is 17.1 Å². The van der Waals surface area contributed by atoms with E-state index in [1.807, 2.05) is 31.2 Å². The van der Waals surface area contributed by atoms with Crippen molar-refractivity contribution in [2.24, 2.45) is 0 Å². The number of anilines is 3. The SMILES string of the molecule is Cc1[nH]cnc1-c1cccc(Nc2c(N(C)C)c(=O)c2=O)c1. The second-order valence-corrected chi connectivity index (χ2v) is 5.36. The lowest BCUT2D eigenvalue weighted by atomic mass is 10.1. The molecule has 0 atom stereocenters. The van der Waals surface area contributed by atoms with E-state index >= 15 is 0 Å². The Balaban J connectivity index is 1.95. The van der Waals surface area contributed by atoms with E-state index in [9.17, 15) is 9.59 Å². The summed E-state index contributed by atoms with van der Waals surface area (Å²) in [6.45, 7) is 1.95. The lowest BCUT2D eigenvalue weighted by molar-refractivity contribution is 1.09. The number of nitrogens with zero attached hydrogens (tertiary/aromatic N) is 2. The van der Waals surface area contributed by atoms with Crippen LogP contribution in [0.5, 0.6) is 0 Å². The summed E-state index contributed by atoms with van der Waals surface area (Å²) < 4.78 is 0. The third kappa shape index (κ3) is 2.18. The zero-order valence-electron chi connectivity index (χ0n) is 12.6. The predicted octanol–water partition coefficient (Wildman–Crippen LogP) is 1.79. The van der Waals surface area contributed by atoms with E-state index in [2.05, 4.69) is 15.3 Å². The van der Waals surface area contributed by atoms with Crippen molar-refractivity contribution in [1.29, 1.82) is 0 Å². The number of imidazole rings is 1. The number of rotatable bonds is 4. The molecule has 1 aromatic heterocycles. The second kappa shape index (κ2) is 5.14. The third-order valence-electron chi connectivity index (χ3n) is 3.57. The third-order valence-corrected chi connectivity index (χ3v) is 3.57. The lowest BCUT2D eigenvalue weighted by Gasteiger charge is -2.19. The molecule has 6 nitrogen and oxygen atoms in total. The number of aromatic nitrogens is 2. The highest BCUT2D eigenvalue weighted by atomic mass is 16.2. The normalized spacial score (nSPS) is 10.9. The molecule has 0 aliphatic heterocycles. The number of hydrogen-bond donors (Lipinski definition) is 2. The molecule has 2 N–H and O–H groups in total. The average molecular weight is 296 g/mol. The van der Waals surface area contributed by atoms with Crippen LogP contribution < -0.4 is 21.1 Å². The quantitative estimate of drug-likeness (QED) is 0.718. The summed E-state index contributed by atoms with van der Waals surface area (Å²) in [5.41, 5.74) is 3.33. The molecule has 0 saturated carbocycles. The van der Waals surface area contributed by atoms with Gasteiger partial charge in [0, 0.05) is 31.0 Å². The molecule has 0 saturated heterocycles. The van der Waals surface area contributed by atoms with Gasteiger partial charge in [-0.1, -0.05) is 12.1 Å². The first-order valence-electron chi connectivity index (χ1n) is 6.87. The Kier molecular flexibility index (Phi) is 3.29. The van der Waals surface area contributed by atoms with Crippen molar-refractivity contribution in [3.8, 4) is 11.3 Å². The maximum absolute atomic E-state index is 11.7. The Morgan fingerprint density at radius 3 is 2.59 bits per heavy atom. The molecule has 0 aliphatic carbocycles. The van der Waals surface area contributed by atoms with Crippen LogP contribution in [0.1, 0.15) is 5.69 Å². The number of aryl methyl sites for hydroxylation is 1. The molecular weight excluding hydrogens is 280 g/mol. The van der Waals surface area contributed by atoms with Crippen LogP contribution in [0.25, 0.3) is 11.3 Å². The van der Waals surface area contributed by atoms with E-state index < -0.39 is 10.9 Å². The number of H-pyrrole nitrogens is 1. The average Bonchev–Trinajstić information content (AvgIpc) is 2.92. The van der Waals surface area contributed by atoms with Gasteiger partial charge in [0.25, 0.3) is 10.9 Å². The minimum Gasteiger partial charge on any atom is -0.373 e. The Morgan fingerprint density at radius 2 is 1.95 bits per heavy atom. The molecular formula is C16H16N4O2. The molecule has 0 radical (unpaired) electrons. The highest BCUT2D eigenvalue weighted by molar-refractivity contribution is 5.80. The molecule has 0 bridgehead atoms. The van der Waals surface area contributed by atoms with Gasteiger partial charge in [-0.15, -0.1) is 0 Å².